The van der Waals surface area contributed by atoms with Crippen molar-refractivity contribution in [3.63, 3.8) is 0 Å². The van der Waals surface area contributed by atoms with Gasteiger partial charge in [-0.2, -0.15) is 0 Å². The fraction of sp³-hybridized carbons (Fsp3) is 0.562. The minimum absolute atomic E-state index is 0.0773. The van der Waals surface area contributed by atoms with Crippen molar-refractivity contribution in [1.82, 2.24) is 10.6 Å². The minimum Gasteiger partial charge on any atom is -0.497 e. The topological polar surface area (TPSA) is 50.4 Å². The maximum atomic E-state index is 11.8. The van der Waals surface area contributed by atoms with Crippen LogP contribution in [0.25, 0.3) is 0 Å². The van der Waals surface area contributed by atoms with Crippen LogP contribution in [0.15, 0.2) is 18.2 Å². The molecule has 5 heteroatoms. The van der Waals surface area contributed by atoms with Gasteiger partial charge < -0.3 is 15.4 Å². The Bertz CT molecular complexity index is 473. The summed E-state index contributed by atoms with van der Waals surface area (Å²) in [5.41, 5.74) is 1.01. The average Bonchev–Trinajstić information content (AvgIpc) is 2.50. The van der Waals surface area contributed by atoms with Crippen LogP contribution in [-0.2, 0) is 6.42 Å². The Morgan fingerprint density at radius 2 is 2.10 bits per heavy atom. The van der Waals surface area contributed by atoms with Gasteiger partial charge in [-0.05, 0) is 37.0 Å². The molecule has 0 radical (unpaired) electrons. The van der Waals surface area contributed by atoms with Crippen LogP contribution in [-0.4, -0.2) is 25.7 Å². The molecule has 2 rings (SSSR count). The third kappa shape index (κ3) is 5.12. The zero-order valence-corrected chi connectivity index (χ0v) is 13.2. The molecule has 1 fully saturated rings. The first kappa shape index (κ1) is 16.0. The number of halogens is 1. The number of carbonyl (C=O) groups is 1. The molecule has 1 aliphatic rings. The smallest absolute Gasteiger partial charge is 0.315 e. The Morgan fingerprint density at radius 3 is 2.76 bits per heavy atom. The number of hydrogen-bond acceptors (Lipinski definition) is 2. The largest absolute Gasteiger partial charge is 0.497 e. The van der Waals surface area contributed by atoms with E-state index in [1.807, 2.05) is 12.1 Å². The van der Waals surface area contributed by atoms with Gasteiger partial charge in [0.1, 0.15) is 5.75 Å². The van der Waals surface area contributed by atoms with Crippen LogP contribution >= 0.6 is 11.6 Å². The molecular weight excluding hydrogens is 288 g/mol. The summed E-state index contributed by atoms with van der Waals surface area (Å²) in [4.78, 5) is 11.8. The molecule has 1 aromatic carbocycles. The normalized spacial score (nSPS) is 15.5. The first-order chi connectivity index (χ1) is 10.2. The number of benzene rings is 1. The Balaban J connectivity index is 1.72. The van der Waals surface area contributed by atoms with E-state index < -0.39 is 0 Å². The molecule has 2 N–H and O–H groups in total. The van der Waals surface area contributed by atoms with E-state index in [0.717, 1.165) is 24.2 Å². The van der Waals surface area contributed by atoms with Gasteiger partial charge in [0.2, 0.25) is 0 Å². The highest BCUT2D eigenvalue weighted by Gasteiger charge is 2.15. The van der Waals surface area contributed by atoms with Gasteiger partial charge in [-0.25, -0.2) is 4.79 Å². The highest BCUT2D eigenvalue weighted by Crippen LogP contribution is 2.22. The molecule has 0 heterocycles. The number of urea groups is 1. The molecule has 21 heavy (non-hydrogen) atoms. The number of hydrogen-bond donors (Lipinski definition) is 2. The summed E-state index contributed by atoms with van der Waals surface area (Å²) in [5.74, 6) is 0.742. The van der Waals surface area contributed by atoms with E-state index in [1.54, 1.807) is 13.2 Å². The molecule has 0 aromatic heterocycles. The molecule has 0 atom stereocenters. The summed E-state index contributed by atoms with van der Waals surface area (Å²) < 4.78 is 5.11. The summed E-state index contributed by atoms with van der Waals surface area (Å²) in [6.07, 6.45) is 6.62. The average molecular weight is 311 g/mol. The lowest BCUT2D eigenvalue weighted by molar-refractivity contribution is 0.233. The molecule has 116 valence electrons. The Labute approximate surface area is 131 Å². The number of nitrogens with one attached hydrogen (secondary N) is 2. The van der Waals surface area contributed by atoms with E-state index in [2.05, 4.69) is 10.6 Å². The number of ether oxygens (including phenoxy) is 1. The summed E-state index contributed by atoms with van der Waals surface area (Å²) in [6.45, 7) is 0.574. The van der Waals surface area contributed by atoms with Crippen molar-refractivity contribution in [2.24, 2.45) is 0 Å². The lowest BCUT2D eigenvalue weighted by Crippen LogP contribution is -2.43. The molecule has 4 nitrogen and oxygen atoms in total. The van der Waals surface area contributed by atoms with Gasteiger partial charge in [-0.15, -0.1) is 0 Å². The molecule has 0 unspecified atom stereocenters. The second-order valence-electron chi connectivity index (χ2n) is 5.44. The van der Waals surface area contributed by atoms with Crippen LogP contribution in [0.1, 0.15) is 37.7 Å². The third-order valence-electron chi connectivity index (χ3n) is 3.88. The van der Waals surface area contributed by atoms with Gasteiger partial charge in [0.15, 0.2) is 0 Å². The fourth-order valence-corrected chi connectivity index (χ4v) is 2.92. The van der Waals surface area contributed by atoms with Crippen LogP contribution in [0.3, 0.4) is 0 Å². The standard InChI is InChI=1S/C16H23ClN2O2/c1-21-14-8-7-12(15(17)11-14)9-10-18-16(20)19-13-5-3-2-4-6-13/h7-8,11,13H,2-6,9-10H2,1H3,(H2,18,19,20). The van der Waals surface area contributed by atoms with Crippen molar-refractivity contribution >= 4 is 17.6 Å². The Morgan fingerprint density at radius 1 is 1.33 bits per heavy atom. The van der Waals surface area contributed by atoms with Gasteiger partial charge in [0.25, 0.3) is 0 Å². The van der Waals surface area contributed by atoms with Crippen molar-refractivity contribution in [3.05, 3.63) is 28.8 Å². The van der Waals surface area contributed by atoms with Crippen molar-refractivity contribution in [1.29, 1.82) is 0 Å². The summed E-state index contributed by atoms with van der Waals surface area (Å²) in [6, 6.07) is 5.86. The van der Waals surface area contributed by atoms with Gasteiger partial charge in [0, 0.05) is 17.6 Å². The lowest BCUT2D eigenvalue weighted by atomic mass is 9.96. The van der Waals surface area contributed by atoms with Gasteiger partial charge in [0.05, 0.1) is 7.11 Å². The third-order valence-corrected chi connectivity index (χ3v) is 4.23. The van der Waals surface area contributed by atoms with Crippen molar-refractivity contribution in [2.75, 3.05) is 13.7 Å². The van der Waals surface area contributed by atoms with Gasteiger partial charge in [-0.3, -0.25) is 0 Å². The van der Waals surface area contributed by atoms with E-state index in [9.17, 15) is 4.79 Å². The summed E-state index contributed by atoms with van der Waals surface area (Å²) >= 11 is 6.17. The Hall–Kier alpha value is -1.42. The van der Waals surface area contributed by atoms with Crippen molar-refractivity contribution in [2.45, 2.75) is 44.6 Å². The predicted octanol–water partition coefficient (Wildman–Crippen LogP) is 3.52. The number of carbonyl (C=O) groups excluding carboxylic acids is 1. The highest BCUT2D eigenvalue weighted by atomic mass is 35.5. The Kier molecular flexibility index (Phi) is 6.18. The number of amides is 2. The molecule has 1 aliphatic carbocycles. The minimum atomic E-state index is -0.0773. The van der Waals surface area contributed by atoms with Crippen LogP contribution in [0.5, 0.6) is 5.75 Å². The zero-order valence-electron chi connectivity index (χ0n) is 12.5. The molecule has 2 amide bonds. The van der Waals surface area contributed by atoms with Crippen LogP contribution in [0.4, 0.5) is 4.79 Å². The molecular formula is C16H23ClN2O2. The predicted molar refractivity (Wildman–Crippen MR) is 85.1 cm³/mol. The first-order valence-corrected chi connectivity index (χ1v) is 7.93. The SMILES string of the molecule is COc1ccc(CCNC(=O)NC2CCCCC2)c(Cl)c1. The van der Waals surface area contributed by atoms with Crippen LogP contribution in [0.2, 0.25) is 5.02 Å². The summed E-state index contributed by atoms with van der Waals surface area (Å²) in [7, 11) is 1.61. The molecule has 0 aliphatic heterocycles. The maximum Gasteiger partial charge on any atom is 0.315 e. The van der Waals surface area contributed by atoms with Crippen molar-refractivity contribution < 1.29 is 9.53 Å². The van der Waals surface area contributed by atoms with Crippen LogP contribution in [0, 0.1) is 0 Å². The fourth-order valence-electron chi connectivity index (χ4n) is 2.65. The lowest BCUT2D eigenvalue weighted by Gasteiger charge is -2.22. The van der Waals surface area contributed by atoms with E-state index in [4.69, 9.17) is 16.3 Å². The quantitative estimate of drug-likeness (QED) is 0.874. The number of rotatable bonds is 5. The van der Waals surface area contributed by atoms with Crippen LogP contribution < -0.4 is 15.4 Å². The monoisotopic (exact) mass is 310 g/mol. The molecule has 0 bridgehead atoms. The molecule has 0 spiro atoms. The van der Waals surface area contributed by atoms with Gasteiger partial charge in [-0.1, -0.05) is 36.9 Å². The van der Waals surface area contributed by atoms with Crippen molar-refractivity contribution in [3.8, 4) is 5.75 Å². The summed E-state index contributed by atoms with van der Waals surface area (Å²) in [5, 5.41) is 6.60. The van der Waals surface area contributed by atoms with E-state index >= 15 is 0 Å². The molecule has 0 saturated heterocycles. The second-order valence-corrected chi connectivity index (χ2v) is 5.85. The molecule has 1 aromatic rings. The van der Waals surface area contributed by atoms with E-state index in [1.165, 1.54) is 19.3 Å². The maximum absolute atomic E-state index is 11.8. The second kappa shape index (κ2) is 8.13. The highest BCUT2D eigenvalue weighted by molar-refractivity contribution is 6.31. The zero-order chi connectivity index (χ0) is 15.1. The van der Waals surface area contributed by atoms with Gasteiger partial charge >= 0.3 is 6.03 Å². The number of methoxy groups -OCH3 is 1. The first-order valence-electron chi connectivity index (χ1n) is 7.56. The molecule has 1 saturated carbocycles. The van der Waals surface area contributed by atoms with E-state index in [0.29, 0.717) is 24.0 Å². The van der Waals surface area contributed by atoms with E-state index in [-0.39, 0.29) is 6.03 Å².